The van der Waals surface area contributed by atoms with Gasteiger partial charge in [-0.25, -0.2) is 0 Å². The number of likely N-dealkylation sites (tertiary alicyclic amines) is 1. The maximum Gasteiger partial charge on any atom is 0.416 e. The Bertz CT molecular complexity index is 1320. The molecule has 214 valence electrons. The van der Waals surface area contributed by atoms with Gasteiger partial charge in [0.1, 0.15) is 0 Å². The minimum atomic E-state index is -5.00. The Morgan fingerprint density at radius 1 is 0.825 bits per heavy atom. The zero-order chi connectivity index (χ0) is 29.5. The third-order valence-electron chi connectivity index (χ3n) is 7.86. The molecule has 3 aromatic rings. The molecule has 1 fully saturated rings. The van der Waals surface area contributed by atoms with E-state index in [1.165, 1.54) is 18.7 Å². The Hall–Kier alpha value is -3.33. The smallest absolute Gasteiger partial charge is 0.340 e. The minimum Gasteiger partial charge on any atom is -0.340 e. The molecule has 0 saturated carbocycles. The number of nitrogens with zero attached hydrogens (tertiary/aromatic N) is 2. The molecule has 0 aromatic heterocycles. The van der Waals surface area contributed by atoms with E-state index in [-0.39, 0.29) is 23.6 Å². The first kappa shape index (κ1) is 29.6. The molecule has 1 saturated heterocycles. The maximum absolute atomic E-state index is 13.9. The molecule has 0 radical (unpaired) electrons. The fraction of sp³-hybridized carbons (Fsp3) is 0.387. The summed E-state index contributed by atoms with van der Waals surface area (Å²) in [5.41, 5.74) is -1.66. The number of carbonyl (C=O) groups excluding carboxylic acids is 1. The molecule has 1 amide bonds. The zero-order valence-corrected chi connectivity index (χ0v) is 22.8. The predicted octanol–water partition coefficient (Wildman–Crippen LogP) is 7.44. The number of rotatable bonds is 6. The quantitative estimate of drug-likeness (QED) is 0.292. The van der Waals surface area contributed by atoms with Gasteiger partial charge in [0.25, 0.3) is 0 Å². The number of benzene rings is 3. The van der Waals surface area contributed by atoms with Crippen molar-refractivity contribution in [3.8, 4) is 0 Å². The average Bonchev–Trinajstić information content (AvgIpc) is 3.30. The van der Waals surface area contributed by atoms with Gasteiger partial charge in [0.2, 0.25) is 5.91 Å². The van der Waals surface area contributed by atoms with Gasteiger partial charge in [-0.2, -0.15) is 26.3 Å². The van der Waals surface area contributed by atoms with E-state index in [9.17, 15) is 31.1 Å². The van der Waals surface area contributed by atoms with Crippen LogP contribution in [0, 0.1) is 6.92 Å². The first-order valence-electron chi connectivity index (χ1n) is 13.0. The van der Waals surface area contributed by atoms with Crippen LogP contribution < -0.4 is 0 Å². The van der Waals surface area contributed by atoms with Crippen molar-refractivity contribution in [2.75, 3.05) is 20.1 Å². The minimum absolute atomic E-state index is 0.0837. The number of hydrogen-bond acceptors (Lipinski definition) is 2. The number of likely N-dealkylation sites (N-methyl/N-ethyl adjacent to an activating group) is 1. The molecule has 4 rings (SSSR count). The lowest BCUT2D eigenvalue weighted by atomic mass is 9.80. The lowest BCUT2D eigenvalue weighted by Crippen LogP contribution is -2.49. The molecule has 0 unspecified atom stereocenters. The van der Waals surface area contributed by atoms with Crippen LogP contribution in [-0.4, -0.2) is 41.9 Å². The van der Waals surface area contributed by atoms with Crippen LogP contribution in [0.25, 0.3) is 0 Å². The molecule has 9 heteroatoms. The number of alkyl halides is 6. The summed E-state index contributed by atoms with van der Waals surface area (Å²) < 4.78 is 81.4. The van der Waals surface area contributed by atoms with E-state index in [0.29, 0.717) is 31.8 Å². The number of amides is 1. The highest BCUT2D eigenvalue weighted by molar-refractivity contribution is 5.87. The Balaban J connectivity index is 1.70. The lowest BCUT2D eigenvalue weighted by molar-refractivity contribution is -0.144. The molecule has 0 bridgehead atoms. The van der Waals surface area contributed by atoms with Crippen molar-refractivity contribution in [3.05, 3.63) is 106 Å². The maximum atomic E-state index is 13.9. The highest BCUT2D eigenvalue weighted by Crippen LogP contribution is 2.41. The molecular formula is C31H32F6N2O. The molecule has 0 aliphatic carbocycles. The second-order valence-electron chi connectivity index (χ2n) is 11.0. The summed E-state index contributed by atoms with van der Waals surface area (Å²) >= 11 is 0. The van der Waals surface area contributed by atoms with Gasteiger partial charge in [0.15, 0.2) is 0 Å². The van der Waals surface area contributed by atoms with E-state index in [1.54, 1.807) is 7.05 Å². The number of aryl methyl sites for hydroxylation is 1. The molecule has 0 spiro atoms. The molecule has 1 aliphatic heterocycles. The van der Waals surface area contributed by atoms with Gasteiger partial charge in [-0.05, 0) is 61.2 Å². The van der Waals surface area contributed by atoms with Crippen molar-refractivity contribution in [1.29, 1.82) is 0 Å². The standard InChI is InChI=1S/C31H32F6N2O/c1-20-10-8-9-13-25(20)26-18-39(17-21-11-6-5-7-12-21)19-27(26)38(4)28(40)29(2,3)22-14-23(30(32,33)34)16-24(15-22)31(35,36)37/h5-16,26-27H,17-19H2,1-4H3/t26-,27+/m0/s1. The van der Waals surface area contributed by atoms with Crippen LogP contribution in [0.4, 0.5) is 26.3 Å². The van der Waals surface area contributed by atoms with Gasteiger partial charge in [0.05, 0.1) is 22.6 Å². The van der Waals surface area contributed by atoms with Gasteiger partial charge in [-0.15, -0.1) is 0 Å². The van der Waals surface area contributed by atoms with Gasteiger partial charge in [-0.1, -0.05) is 54.6 Å². The SMILES string of the molecule is Cc1ccccc1[C@@H]1CN(Cc2ccccc2)C[C@H]1N(C)C(=O)C(C)(C)c1cc(C(F)(F)F)cc(C(F)(F)F)c1. The Kier molecular flexibility index (Phi) is 8.09. The van der Waals surface area contributed by atoms with Gasteiger partial charge in [-0.3, -0.25) is 9.69 Å². The predicted molar refractivity (Wildman–Crippen MR) is 142 cm³/mol. The van der Waals surface area contributed by atoms with Crippen LogP contribution in [0.2, 0.25) is 0 Å². The summed E-state index contributed by atoms with van der Waals surface area (Å²) in [6.45, 7) is 6.53. The number of halogens is 6. The largest absolute Gasteiger partial charge is 0.416 e. The first-order chi connectivity index (χ1) is 18.6. The van der Waals surface area contributed by atoms with Crippen LogP contribution in [0.15, 0.2) is 72.8 Å². The normalized spacial score (nSPS) is 18.6. The van der Waals surface area contributed by atoms with Crippen molar-refractivity contribution in [2.24, 2.45) is 0 Å². The van der Waals surface area contributed by atoms with E-state index >= 15 is 0 Å². The average molecular weight is 563 g/mol. The van der Waals surface area contributed by atoms with Gasteiger partial charge < -0.3 is 4.90 Å². The highest BCUT2D eigenvalue weighted by Gasteiger charge is 2.44. The molecule has 1 aliphatic rings. The molecule has 40 heavy (non-hydrogen) atoms. The van der Waals surface area contributed by atoms with Crippen molar-refractivity contribution in [1.82, 2.24) is 9.80 Å². The molecule has 3 aromatic carbocycles. The first-order valence-corrected chi connectivity index (χ1v) is 13.0. The topological polar surface area (TPSA) is 23.6 Å². The van der Waals surface area contributed by atoms with E-state index in [0.717, 1.165) is 16.7 Å². The Labute approximate surface area is 230 Å². The summed E-state index contributed by atoms with van der Waals surface area (Å²) in [6, 6.07) is 18.7. The lowest BCUT2D eigenvalue weighted by Gasteiger charge is -2.36. The Morgan fingerprint density at radius 3 is 1.90 bits per heavy atom. The monoisotopic (exact) mass is 562 g/mol. The fourth-order valence-corrected chi connectivity index (χ4v) is 5.57. The Morgan fingerprint density at radius 2 is 1.35 bits per heavy atom. The van der Waals surface area contributed by atoms with Crippen LogP contribution in [0.1, 0.15) is 53.1 Å². The fourth-order valence-electron chi connectivity index (χ4n) is 5.57. The summed E-state index contributed by atoms with van der Waals surface area (Å²) in [4.78, 5) is 17.7. The van der Waals surface area contributed by atoms with Crippen molar-refractivity contribution >= 4 is 5.91 Å². The number of hydrogen-bond donors (Lipinski definition) is 0. The van der Waals surface area contributed by atoms with Crippen LogP contribution in [-0.2, 0) is 29.1 Å². The summed E-state index contributed by atoms with van der Waals surface area (Å²) in [5.74, 6) is -0.646. The van der Waals surface area contributed by atoms with Crippen LogP contribution >= 0.6 is 0 Å². The highest BCUT2D eigenvalue weighted by atomic mass is 19.4. The summed E-state index contributed by atoms with van der Waals surface area (Å²) in [5, 5.41) is 0. The summed E-state index contributed by atoms with van der Waals surface area (Å²) in [7, 11) is 1.59. The molecule has 0 N–H and O–H groups in total. The van der Waals surface area contributed by atoms with Crippen LogP contribution in [0.3, 0.4) is 0 Å². The van der Waals surface area contributed by atoms with E-state index < -0.39 is 34.8 Å². The molecule has 2 atom stereocenters. The van der Waals surface area contributed by atoms with Gasteiger partial charge in [0, 0.05) is 32.6 Å². The van der Waals surface area contributed by atoms with Gasteiger partial charge >= 0.3 is 12.4 Å². The second-order valence-corrected chi connectivity index (χ2v) is 11.0. The van der Waals surface area contributed by atoms with E-state index in [1.807, 2.05) is 61.5 Å². The van der Waals surface area contributed by atoms with E-state index in [4.69, 9.17) is 0 Å². The van der Waals surface area contributed by atoms with Crippen molar-refractivity contribution in [2.45, 2.75) is 57.0 Å². The van der Waals surface area contributed by atoms with Crippen molar-refractivity contribution < 1.29 is 31.1 Å². The molecule has 1 heterocycles. The summed E-state index contributed by atoms with van der Waals surface area (Å²) in [6.07, 6.45) is -10.00. The second kappa shape index (κ2) is 10.9. The van der Waals surface area contributed by atoms with Crippen LogP contribution in [0.5, 0.6) is 0 Å². The molecular weight excluding hydrogens is 530 g/mol. The van der Waals surface area contributed by atoms with Crippen molar-refractivity contribution in [3.63, 3.8) is 0 Å². The molecule has 3 nitrogen and oxygen atoms in total. The third kappa shape index (κ3) is 6.19. The zero-order valence-electron chi connectivity index (χ0n) is 22.8. The third-order valence-corrected chi connectivity index (χ3v) is 7.86. The van der Waals surface area contributed by atoms with E-state index in [2.05, 4.69) is 4.90 Å². The number of carbonyl (C=O) groups is 1.